The van der Waals surface area contributed by atoms with Crippen LogP contribution in [0.5, 0.6) is 0 Å². The molecule has 0 saturated carbocycles. The van der Waals surface area contributed by atoms with Gasteiger partial charge in [0.1, 0.15) is 5.76 Å². The number of nitrogens with one attached hydrogen (secondary N) is 2. The lowest BCUT2D eigenvalue weighted by atomic mass is 10.1. The lowest BCUT2D eigenvalue weighted by molar-refractivity contribution is 0.359. The standard InChI is InChI=1S/C24H22ClN3O2S/c1-15-5-7-19(8-6-15)26-24(31)28(14-20-4-3-9-30-20)13-18-11-17-10-16(2)21(25)12-22(17)27-23(18)29/h3-12H,13-14H2,1-2H3,(H,26,31)(H,27,29). The fourth-order valence-electron chi connectivity index (χ4n) is 3.34. The number of fused-ring (bicyclic) bond motifs is 1. The van der Waals surface area contributed by atoms with Gasteiger partial charge < -0.3 is 19.6 Å². The molecule has 2 N–H and O–H groups in total. The maximum atomic E-state index is 12.8. The quantitative estimate of drug-likeness (QED) is 0.376. The van der Waals surface area contributed by atoms with E-state index in [1.54, 1.807) is 12.3 Å². The fourth-order valence-corrected chi connectivity index (χ4v) is 3.75. The monoisotopic (exact) mass is 451 g/mol. The number of hydrogen-bond acceptors (Lipinski definition) is 3. The number of thiocarbonyl (C=S) groups is 1. The molecule has 0 unspecified atom stereocenters. The summed E-state index contributed by atoms with van der Waals surface area (Å²) in [7, 11) is 0. The van der Waals surface area contributed by atoms with E-state index in [1.165, 1.54) is 5.56 Å². The Morgan fingerprint density at radius 3 is 2.61 bits per heavy atom. The largest absolute Gasteiger partial charge is 0.467 e. The number of furan rings is 1. The van der Waals surface area contributed by atoms with E-state index < -0.39 is 0 Å². The molecule has 0 aliphatic carbocycles. The summed E-state index contributed by atoms with van der Waals surface area (Å²) in [5.74, 6) is 0.757. The zero-order valence-corrected chi connectivity index (χ0v) is 18.8. The summed E-state index contributed by atoms with van der Waals surface area (Å²) < 4.78 is 5.52. The van der Waals surface area contributed by atoms with Gasteiger partial charge in [-0.15, -0.1) is 0 Å². The molecule has 2 aromatic heterocycles. The highest BCUT2D eigenvalue weighted by molar-refractivity contribution is 7.80. The van der Waals surface area contributed by atoms with Gasteiger partial charge in [0, 0.05) is 21.8 Å². The van der Waals surface area contributed by atoms with E-state index in [9.17, 15) is 4.79 Å². The molecule has 2 aromatic carbocycles. The van der Waals surface area contributed by atoms with Crippen molar-refractivity contribution < 1.29 is 4.42 Å². The maximum absolute atomic E-state index is 12.8. The van der Waals surface area contributed by atoms with Crippen LogP contribution in [0.2, 0.25) is 5.02 Å². The molecule has 0 aliphatic heterocycles. The van der Waals surface area contributed by atoms with Crippen molar-refractivity contribution >= 4 is 45.5 Å². The van der Waals surface area contributed by atoms with Crippen molar-refractivity contribution in [3.05, 3.63) is 98.7 Å². The second kappa shape index (κ2) is 8.96. The van der Waals surface area contributed by atoms with Crippen LogP contribution < -0.4 is 10.9 Å². The van der Waals surface area contributed by atoms with Crippen LogP contribution in [0.1, 0.15) is 22.5 Å². The first-order valence-electron chi connectivity index (χ1n) is 9.86. The Morgan fingerprint density at radius 2 is 1.90 bits per heavy atom. The molecule has 0 atom stereocenters. The lowest BCUT2D eigenvalue weighted by Gasteiger charge is -2.25. The molecule has 5 nitrogen and oxygen atoms in total. The van der Waals surface area contributed by atoms with Gasteiger partial charge in [-0.05, 0) is 79.5 Å². The van der Waals surface area contributed by atoms with Crippen LogP contribution in [0.15, 0.2) is 70.1 Å². The molecule has 0 bridgehead atoms. The Kier molecular flexibility index (Phi) is 6.11. The number of halogens is 1. The van der Waals surface area contributed by atoms with Gasteiger partial charge in [-0.3, -0.25) is 4.79 Å². The Bertz CT molecular complexity index is 1280. The van der Waals surface area contributed by atoms with Gasteiger partial charge in [-0.1, -0.05) is 29.3 Å². The molecule has 0 radical (unpaired) electrons. The molecule has 0 spiro atoms. The highest BCUT2D eigenvalue weighted by Gasteiger charge is 2.16. The van der Waals surface area contributed by atoms with Gasteiger partial charge in [0.25, 0.3) is 5.56 Å². The van der Waals surface area contributed by atoms with Crippen LogP contribution in [0.4, 0.5) is 5.69 Å². The topological polar surface area (TPSA) is 61.3 Å². The molecular formula is C24H22ClN3O2S. The molecule has 2 heterocycles. The molecular weight excluding hydrogens is 430 g/mol. The molecule has 4 aromatic rings. The number of hydrogen-bond donors (Lipinski definition) is 2. The van der Waals surface area contributed by atoms with Gasteiger partial charge in [0.05, 0.1) is 19.4 Å². The number of benzene rings is 2. The number of nitrogens with zero attached hydrogens (tertiary/aromatic N) is 1. The molecule has 158 valence electrons. The Labute approximate surface area is 190 Å². The van der Waals surface area contributed by atoms with E-state index >= 15 is 0 Å². The first kappa shape index (κ1) is 21.2. The number of rotatable bonds is 5. The van der Waals surface area contributed by atoms with Crippen LogP contribution in [0, 0.1) is 13.8 Å². The fraction of sp³-hybridized carbons (Fsp3) is 0.167. The van der Waals surface area contributed by atoms with E-state index in [4.69, 9.17) is 28.2 Å². The summed E-state index contributed by atoms with van der Waals surface area (Å²) in [5, 5.41) is 5.31. The van der Waals surface area contributed by atoms with Crippen molar-refractivity contribution in [2.75, 3.05) is 5.32 Å². The van der Waals surface area contributed by atoms with Crippen LogP contribution in [-0.4, -0.2) is 15.0 Å². The Morgan fingerprint density at radius 1 is 1.13 bits per heavy atom. The van der Waals surface area contributed by atoms with Crippen LogP contribution in [0.25, 0.3) is 10.9 Å². The SMILES string of the molecule is Cc1ccc(NC(=S)N(Cc2ccco2)Cc2cc3cc(C)c(Cl)cc3[nH]c2=O)cc1. The summed E-state index contributed by atoms with van der Waals surface area (Å²) in [5.41, 5.74) is 4.15. The van der Waals surface area contributed by atoms with Crippen molar-refractivity contribution in [1.82, 2.24) is 9.88 Å². The van der Waals surface area contributed by atoms with Gasteiger partial charge in [-0.2, -0.15) is 0 Å². The van der Waals surface area contributed by atoms with Crippen molar-refractivity contribution in [1.29, 1.82) is 0 Å². The third-order valence-electron chi connectivity index (χ3n) is 5.08. The van der Waals surface area contributed by atoms with E-state index in [2.05, 4.69) is 10.3 Å². The van der Waals surface area contributed by atoms with Crippen molar-refractivity contribution in [3.8, 4) is 0 Å². The van der Waals surface area contributed by atoms with Crippen molar-refractivity contribution in [3.63, 3.8) is 0 Å². The second-order valence-electron chi connectivity index (χ2n) is 7.54. The van der Waals surface area contributed by atoms with E-state index in [0.29, 0.717) is 34.3 Å². The molecule has 0 saturated heterocycles. The maximum Gasteiger partial charge on any atom is 0.253 e. The molecule has 0 fully saturated rings. The van der Waals surface area contributed by atoms with Crippen LogP contribution in [-0.2, 0) is 13.1 Å². The predicted molar refractivity (Wildman–Crippen MR) is 130 cm³/mol. The van der Waals surface area contributed by atoms with Gasteiger partial charge in [0.2, 0.25) is 0 Å². The third kappa shape index (κ3) is 4.98. The van der Waals surface area contributed by atoms with Crippen molar-refractivity contribution in [2.24, 2.45) is 0 Å². The zero-order valence-electron chi connectivity index (χ0n) is 17.2. The summed E-state index contributed by atoms with van der Waals surface area (Å²) in [4.78, 5) is 17.6. The van der Waals surface area contributed by atoms with Gasteiger partial charge >= 0.3 is 0 Å². The molecule has 0 amide bonds. The minimum Gasteiger partial charge on any atom is -0.467 e. The van der Waals surface area contributed by atoms with Crippen LogP contribution in [0.3, 0.4) is 0 Å². The number of H-pyrrole nitrogens is 1. The average molecular weight is 452 g/mol. The highest BCUT2D eigenvalue weighted by atomic mass is 35.5. The number of aryl methyl sites for hydroxylation is 2. The van der Waals surface area contributed by atoms with E-state index in [0.717, 1.165) is 22.4 Å². The second-order valence-corrected chi connectivity index (χ2v) is 8.34. The van der Waals surface area contributed by atoms with Crippen molar-refractivity contribution in [2.45, 2.75) is 26.9 Å². The molecule has 31 heavy (non-hydrogen) atoms. The smallest absolute Gasteiger partial charge is 0.253 e. The minimum atomic E-state index is -0.171. The highest BCUT2D eigenvalue weighted by Crippen LogP contribution is 2.22. The molecule has 7 heteroatoms. The molecule has 0 aliphatic rings. The number of aromatic amines is 1. The predicted octanol–water partition coefficient (Wildman–Crippen LogP) is 5.79. The Balaban J connectivity index is 1.64. The molecule has 4 rings (SSSR count). The van der Waals surface area contributed by atoms with E-state index in [-0.39, 0.29) is 5.56 Å². The average Bonchev–Trinajstić information content (AvgIpc) is 3.24. The number of aromatic nitrogens is 1. The summed E-state index contributed by atoms with van der Waals surface area (Å²) in [6, 6.07) is 17.3. The summed E-state index contributed by atoms with van der Waals surface area (Å²) >= 11 is 11.9. The number of anilines is 1. The first-order chi connectivity index (χ1) is 14.9. The zero-order chi connectivity index (χ0) is 22.0. The van der Waals surface area contributed by atoms with Gasteiger partial charge in [-0.25, -0.2) is 0 Å². The third-order valence-corrected chi connectivity index (χ3v) is 5.85. The van der Waals surface area contributed by atoms with Gasteiger partial charge in [0.15, 0.2) is 5.11 Å². The van der Waals surface area contributed by atoms with E-state index in [1.807, 2.05) is 67.3 Å². The minimum absolute atomic E-state index is 0.171. The van der Waals surface area contributed by atoms with Crippen LogP contribution >= 0.6 is 23.8 Å². The number of pyridine rings is 1. The lowest BCUT2D eigenvalue weighted by Crippen LogP contribution is -2.35. The summed E-state index contributed by atoms with van der Waals surface area (Å²) in [6.45, 7) is 4.73. The summed E-state index contributed by atoms with van der Waals surface area (Å²) in [6.07, 6.45) is 1.62. The first-order valence-corrected chi connectivity index (χ1v) is 10.6. The normalized spacial score (nSPS) is 10.9. The Hall–Kier alpha value is -3.09.